The maximum Gasteiger partial charge on any atom is 0.336 e. The van der Waals surface area contributed by atoms with Crippen LogP contribution in [0.5, 0.6) is 5.75 Å². The van der Waals surface area contributed by atoms with E-state index in [0.29, 0.717) is 17.9 Å². The first-order valence-corrected chi connectivity index (χ1v) is 9.68. The van der Waals surface area contributed by atoms with E-state index in [1.165, 1.54) is 11.0 Å². The first-order valence-electron chi connectivity index (χ1n) is 7.12. The van der Waals surface area contributed by atoms with E-state index in [0.717, 1.165) is 16.5 Å². The molecule has 0 bridgehead atoms. The highest BCUT2D eigenvalue weighted by Gasteiger charge is 2.04. The van der Waals surface area contributed by atoms with E-state index >= 15 is 0 Å². The van der Waals surface area contributed by atoms with Gasteiger partial charge in [0.1, 0.15) is 17.9 Å². The Morgan fingerprint density at radius 3 is 2.61 bits per heavy atom. The number of rotatable bonds is 5. The second kappa shape index (κ2) is 7.15. The number of fused-ring (bicyclic) bond motifs is 1. The average molecular weight is 344 g/mol. The van der Waals surface area contributed by atoms with Crippen LogP contribution in [-0.2, 0) is 6.61 Å². The summed E-state index contributed by atoms with van der Waals surface area (Å²) in [5, 5.41) is 0.926. The monoisotopic (exact) mass is 344 g/mol. The Morgan fingerprint density at radius 2 is 1.87 bits per heavy atom. The van der Waals surface area contributed by atoms with E-state index < -0.39 is 0 Å². The smallest absolute Gasteiger partial charge is 0.336 e. The molecule has 0 aliphatic heterocycles. The van der Waals surface area contributed by atoms with Crippen LogP contribution in [0.2, 0.25) is 0 Å². The van der Waals surface area contributed by atoms with E-state index in [1.807, 2.05) is 19.1 Å². The summed E-state index contributed by atoms with van der Waals surface area (Å²) < 4.78 is 11.0. The Balaban J connectivity index is 1.75. The third-order valence-corrected chi connectivity index (χ3v) is 5.14. The minimum absolute atomic E-state index is 0.339. The zero-order chi connectivity index (χ0) is 16.2. The Kier molecular flexibility index (Phi) is 4.98. The van der Waals surface area contributed by atoms with Gasteiger partial charge in [0.05, 0.1) is 0 Å². The van der Waals surface area contributed by atoms with Gasteiger partial charge in [-0.3, -0.25) is 0 Å². The Labute approximate surface area is 142 Å². The van der Waals surface area contributed by atoms with Crippen LogP contribution in [0.1, 0.15) is 11.1 Å². The fourth-order valence-corrected chi connectivity index (χ4v) is 3.65. The number of benzene rings is 2. The molecule has 118 valence electrons. The zero-order valence-corrected chi connectivity index (χ0v) is 14.5. The van der Waals surface area contributed by atoms with Gasteiger partial charge in [-0.05, 0) is 48.6 Å². The fraction of sp³-hybridized carbons (Fsp3) is 0.167. The van der Waals surface area contributed by atoms with Gasteiger partial charge in [0.15, 0.2) is 0 Å². The molecule has 0 N–H and O–H groups in total. The van der Waals surface area contributed by atoms with Crippen molar-refractivity contribution in [2.75, 3.05) is 6.26 Å². The molecule has 0 amide bonds. The van der Waals surface area contributed by atoms with E-state index in [1.54, 1.807) is 27.7 Å². The number of hydrogen-bond acceptors (Lipinski definition) is 5. The third-order valence-electron chi connectivity index (χ3n) is 3.43. The molecule has 0 spiro atoms. The van der Waals surface area contributed by atoms with E-state index in [9.17, 15) is 4.79 Å². The van der Waals surface area contributed by atoms with Crippen molar-refractivity contribution in [3.63, 3.8) is 0 Å². The summed E-state index contributed by atoms with van der Waals surface area (Å²) in [5.41, 5.74) is 2.22. The molecule has 0 atom stereocenters. The van der Waals surface area contributed by atoms with Crippen LogP contribution in [0.25, 0.3) is 11.0 Å². The molecular weight excluding hydrogens is 328 g/mol. The lowest BCUT2D eigenvalue weighted by Crippen LogP contribution is -1.99. The minimum atomic E-state index is -0.339. The van der Waals surface area contributed by atoms with E-state index in [4.69, 9.17) is 9.15 Å². The molecule has 0 saturated carbocycles. The molecular formula is C18H16O3S2. The van der Waals surface area contributed by atoms with Gasteiger partial charge >= 0.3 is 5.63 Å². The molecule has 1 aromatic heterocycles. The van der Waals surface area contributed by atoms with E-state index in [-0.39, 0.29) is 5.63 Å². The second-order valence-electron chi connectivity index (χ2n) is 5.09. The summed E-state index contributed by atoms with van der Waals surface area (Å²) in [5.74, 6) is 0.689. The van der Waals surface area contributed by atoms with Crippen molar-refractivity contribution in [2.24, 2.45) is 0 Å². The summed E-state index contributed by atoms with van der Waals surface area (Å²) >= 11 is 0. The van der Waals surface area contributed by atoms with Crippen molar-refractivity contribution < 1.29 is 9.15 Å². The Bertz CT molecular complexity index is 870. The lowest BCUT2D eigenvalue weighted by atomic mass is 10.1. The Morgan fingerprint density at radius 1 is 1.09 bits per heavy atom. The van der Waals surface area contributed by atoms with Gasteiger partial charge in [-0.2, -0.15) is 0 Å². The van der Waals surface area contributed by atoms with Crippen molar-refractivity contribution in [3.05, 3.63) is 70.1 Å². The molecule has 0 aliphatic rings. The fourth-order valence-electron chi connectivity index (χ4n) is 2.30. The molecule has 5 heteroatoms. The zero-order valence-electron chi connectivity index (χ0n) is 12.9. The average Bonchev–Trinajstić information content (AvgIpc) is 2.54. The van der Waals surface area contributed by atoms with Crippen LogP contribution >= 0.6 is 21.6 Å². The van der Waals surface area contributed by atoms with E-state index in [2.05, 4.69) is 30.5 Å². The highest BCUT2D eigenvalue weighted by atomic mass is 33.1. The molecule has 23 heavy (non-hydrogen) atoms. The van der Waals surface area contributed by atoms with Crippen molar-refractivity contribution in [1.29, 1.82) is 0 Å². The maximum absolute atomic E-state index is 11.5. The molecule has 0 unspecified atom stereocenters. The second-order valence-corrected chi connectivity index (χ2v) is 7.56. The Hall–Kier alpha value is -1.85. The molecule has 3 aromatic rings. The molecule has 3 rings (SSSR count). The lowest BCUT2D eigenvalue weighted by Gasteiger charge is -2.08. The summed E-state index contributed by atoms with van der Waals surface area (Å²) in [6.45, 7) is 2.37. The summed E-state index contributed by atoms with van der Waals surface area (Å²) in [7, 11) is 3.46. The van der Waals surface area contributed by atoms with Crippen molar-refractivity contribution in [2.45, 2.75) is 18.4 Å². The van der Waals surface area contributed by atoms with Gasteiger partial charge in [0.2, 0.25) is 0 Å². The predicted molar refractivity (Wildman–Crippen MR) is 97.4 cm³/mol. The molecule has 1 heterocycles. The molecule has 0 saturated heterocycles. The van der Waals surface area contributed by atoms with Crippen molar-refractivity contribution in [3.8, 4) is 5.75 Å². The van der Waals surface area contributed by atoms with Gasteiger partial charge in [0.25, 0.3) is 0 Å². The number of hydrogen-bond donors (Lipinski definition) is 0. The highest BCUT2D eigenvalue weighted by molar-refractivity contribution is 8.76. The van der Waals surface area contributed by atoms with Crippen LogP contribution in [-0.4, -0.2) is 6.26 Å². The van der Waals surface area contributed by atoms with Gasteiger partial charge in [-0.15, -0.1) is 0 Å². The van der Waals surface area contributed by atoms with Crippen molar-refractivity contribution in [1.82, 2.24) is 0 Å². The maximum atomic E-state index is 11.5. The first-order chi connectivity index (χ1) is 11.2. The highest BCUT2D eigenvalue weighted by Crippen LogP contribution is 2.28. The molecule has 0 aliphatic carbocycles. The summed E-state index contributed by atoms with van der Waals surface area (Å²) in [6, 6.07) is 15.4. The SMILES string of the molecule is CSSc1ccc(COc2ccc3c(C)cc(=O)oc3c2)cc1. The van der Waals surface area contributed by atoms with Gasteiger partial charge < -0.3 is 9.15 Å². The molecule has 0 fully saturated rings. The van der Waals surface area contributed by atoms with Crippen LogP contribution < -0.4 is 10.4 Å². The van der Waals surface area contributed by atoms with Crippen LogP contribution in [0.3, 0.4) is 0 Å². The van der Waals surface area contributed by atoms with Crippen LogP contribution in [0.4, 0.5) is 0 Å². The van der Waals surface area contributed by atoms with Gasteiger partial charge in [0, 0.05) is 22.4 Å². The molecule has 3 nitrogen and oxygen atoms in total. The standard InChI is InChI=1S/C18H16O3S2/c1-12-9-18(19)21-17-10-14(5-8-16(12)17)20-11-13-3-6-15(7-4-13)23-22-2/h3-10H,11H2,1-2H3. The molecule has 0 radical (unpaired) electrons. The van der Waals surface area contributed by atoms with Crippen LogP contribution in [0.15, 0.2) is 62.6 Å². The number of aryl methyl sites for hydroxylation is 1. The summed E-state index contributed by atoms with van der Waals surface area (Å²) in [4.78, 5) is 12.7. The van der Waals surface area contributed by atoms with Crippen LogP contribution in [0, 0.1) is 6.92 Å². The van der Waals surface area contributed by atoms with Crippen molar-refractivity contribution >= 4 is 32.6 Å². The number of ether oxygens (including phenoxy) is 1. The lowest BCUT2D eigenvalue weighted by molar-refractivity contribution is 0.306. The topological polar surface area (TPSA) is 39.4 Å². The van der Waals surface area contributed by atoms with Gasteiger partial charge in [-0.25, -0.2) is 4.79 Å². The molecule has 2 aromatic carbocycles. The first kappa shape index (κ1) is 16.0. The predicted octanol–water partition coefficient (Wildman–Crippen LogP) is 5.05. The largest absolute Gasteiger partial charge is 0.489 e. The quantitative estimate of drug-likeness (QED) is 0.478. The summed E-state index contributed by atoms with van der Waals surface area (Å²) in [6.07, 6.45) is 2.06. The normalized spacial score (nSPS) is 10.9. The van der Waals surface area contributed by atoms with Gasteiger partial charge in [-0.1, -0.05) is 33.7 Å². The third kappa shape index (κ3) is 3.92. The minimum Gasteiger partial charge on any atom is -0.489 e.